The Bertz CT molecular complexity index is 426. The maximum Gasteiger partial charge on any atom is 0.192 e. The molecule has 0 heterocycles. The number of aliphatic hydroxyl groups is 1. The summed E-state index contributed by atoms with van der Waals surface area (Å²) in [4.78, 5) is 0. The van der Waals surface area contributed by atoms with Crippen molar-refractivity contribution in [3.63, 3.8) is 0 Å². The first-order valence-electron chi connectivity index (χ1n) is 8.66. The van der Waals surface area contributed by atoms with Crippen LogP contribution in [0.1, 0.15) is 45.6 Å². The third-order valence-electron chi connectivity index (χ3n) is 4.63. The second-order valence-corrected chi connectivity index (χ2v) is 12.6. The van der Waals surface area contributed by atoms with E-state index in [2.05, 4.69) is 46.0 Å². The summed E-state index contributed by atoms with van der Waals surface area (Å²) in [5.74, 6) is 0. The fourth-order valence-corrected chi connectivity index (χ4v) is 2.99. The minimum absolute atomic E-state index is 0.192. The molecule has 1 rings (SSSR count). The number of rotatable bonds is 10. The van der Waals surface area contributed by atoms with Gasteiger partial charge in [0.2, 0.25) is 0 Å². The van der Waals surface area contributed by atoms with Crippen LogP contribution in [0.15, 0.2) is 30.3 Å². The van der Waals surface area contributed by atoms with Gasteiger partial charge < -0.3 is 14.3 Å². The van der Waals surface area contributed by atoms with E-state index in [1.54, 1.807) is 0 Å². The Morgan fingerprint density at radius 2 is 1.74 bits per heavy atom. The average Bonchev–Trinajstić information content (AvgIpc) is 2.48. The van der Waals surface area contributed by atoms with Crippen molar-refractivity contribution in [2.45, 2.75) is 70.9 Å². The quantitative estimate of drug-likeness (QED) is 0.494. The van der Waals surface area contributed by atoms with Crippen LogP contribution in [0.5, 0.6) is 0 Å². The molecular formula is C19H34O3Si. The van der Waals surface area contributed by atoms with E-state index >= 15 is 0 Å². The highest BCUT2D eigenvalue weighted by Crippen LogP contribution is 2.36. The van der Waals surface area contributed by atoms with Gasteiger partial charge in [-0.2, -0.15) is 0 Å². The molecule has 0 saturated carbocycles. The third-order valence-corrected chi connectivity index (χ3v) is 9.13. The van der Waals surface area contributed by atoms with Gasteiger partial charge in [0.05, 0.1) is 19.3 Å². The maximum absolute atomic E-state index is 10.1. The highest BCUT2D eigenvalue weighted by Gasteiger charge is 2.37. The van der Waals surface area contributed by atoms with Crippen molar-refractivity contribution in [1.29, 1.82) is 0 Å². The average molecular weight is 339 g/mol. The van der Waals surface area contributed by atoms with Crippen LogP contribution < -0.4 is 0 Å². The molecule has 3 nitrogen and oxygen atoms in total. The van der Waals surface area contributed by atoms with Crippen LogP contribution in [-0.4, -0.2) is 32.7 Å². The summed E-state index contributed by atoms with van der Waals surface area (Å²) in [5.41, 5.74) is 1.20. The summed E-state index contributed by atoms with van der Waals surface area (Å²) in [6, 6.07) is 10.2. The summed E-state index contributed by atoms with van der Waals surface area (Å²) in [5, 5.41) is 10.3. The Morgan fingerprint density at radius 3 is 2.35 bits per heavy atom. The third kappa shape index (κ3) is 8.11. The zero-order valence-electron chi connectivity index (χ0n) is 15.5. The van der Waals surface area contributed by atoms with E-state index in [9.17, 15) is 5.11 Å². The molecule has 0 aliphatic carbocycles. The summed E-state index contributed by atoms with van der Waals surface area (Å²) >= 11 is 0. The number of benzene rings is 1. The highest BCUT2D eigenvalue weighted by molar-refractivity contribution is 6.74. The van der Waals surface area contributed by atoms with Gasteiger partial charge in [-0.05, 0) is 43.0 Å². The molecule has 0 aliphatic rings. The minimum Gasteiger partial charge on any atom is -0.414 e. The van der Waals surface area contributed by atoms with E-state index in [1.807, 2.05) is 18.2 Å². The van der Waals surface area contributed by atoms with Crippen molar-refractivity contribution in [3.05, 3.63) is 35.9 Å². The lowest BCUT2D eigenvalue weighted by Crippen LogP contribution is -2.42. The lowest BCUT2D eigenvalue weighted by molar-refractivity contribution is 0.0822. The van der Waals surface area contributed by atoms with E-state index in [1.165, 1.54) is 5.56 Å². The molecule has 1 N–H and O–H groups in total. The fraction of sp³-hybridized carbons (Fsp3) is 0.684. The van der Waals surface area contributed by atoms with E-state index in [0.717, 1.165) is 25.9 Å². The standard InChI is InChI=1S/C19H34O3Si/c1-19(2,3)23(4,5)22-16-18(20)13-9-10-14-21-15-17-11-7-6-8-12-17/h6-8,11-12,18,20H,9-10,13-16H2,1-5H3. The molecule has 23 heavy (non-hydrogen) atoms. The van der Waals surface area contributed by atoms with Gasteiger partial charge in [0.25, 0.3) is 0 Å². The first kappa shape index (κ1) is 20.4. The molecule has 0 fully saturated rings. The van der Waals surface area contributed by atoms with Gasteiger partial charge in [-0.3, -0.25) is 0 Å². The molecule has 1 unspecified atom stereocenters. The van der Waals surface area contributed by atoms with Crippen molar-refractivity contribution >= 4 is 8.32 Å². The molecule has 0 bridgehead atoms. The van der Waals surface area contributed by atoms with Gasteiger partial charge in [0.15, 0.2) is 8.32 Å². The topological polar surface area (TPSA) is 38.7 Å². The van der Waals surface area contributed by atoms with Crippen molar-refractivity contribution in [3.8, 4) is 0 Å². The zero-order chi connectivity index (χ0) is 17.3. The first-order chi connectivity index (χ1) is 10.7. The molecular weight excluding hydrogens is 304 g/mol. The van der Waals surface area contributed by atoms with Crippen molar-refractivity contribution in [1.82, 2.24) is 0 Å². The van der Waals surface area contributed by atoms with Crippen molar-refractivity contribution in [2.75, 3.05) is 13.2 Å². The van der Waals surface area contributed by atoms with Gasteiger partial charge >= 0.3 is 0 Å². The Hall–Kier alpha value is -0.683. The molecule has 4 heteroatoms. The summed E-state index contributed by atoms with van der Waals surface area (Å²) in [6.07, 6.45) is 2.36. The second-order valence-electron chi connectivity index (χ2n) is 7.76. The summed E-state index contributed by atoms with van der Waals surface area (Å²) in [7, 11) is -1.75. The first-order valence-corrected chi connectivity index (χ1v) is 11.6. The Balaban J connectivity index is 2.07. The van der Waals surface area contributed by atoms with Gasteiger partial charge in [-0.15, -0.1) is 0 Å². The van der Waals surface area contributed by atoms with E-state index < -0.39 is 8.32 Å². The van der Waals surface area contributed by atoms with Crippen LogP contribution in [0.2, 0.25) is 18.1 Å². The van der Waals surface area contributed by atoms with Crippen LogP contribution in [0.4, 0.5) is 0 Å². The van der Waals surface area contributed by atoms with E-state index in [0.29, 0.717) is 13.2 Å². The predicted molar refractivity (Wildman–Crippen MR) is 99.1 cm³/mol. The molecule has 0 aliphatic heterocycles. The van der Waals surface area contributed by atoms with Crippen LogP contribution in [0, 0.1) is 0 Å². The zero-order valence-corrected chi connectivity index (χ0v) is 16.5. The van der Waals surface area contributed by atoms with Crippen molar-refractivity contribution in [2.24, 2.45) is 0 Å². The molecule has 0 amide bonds. The predicted octanol–water partition coefficient (Wildman–Crippen LogP) is 4.76. The molecule has 1 atom stereocenters. The van der Waals surface area contributed by atoms with Crippen LogP contribution in [0.3, 0.4) is 0 Å². The number of hydrogen-bond acceptors (Lipinski definition) is 3. The monoisotopic (exact) mass is 338 g/mol. The smallest absolute Gasteiger partial charge is 0.192 e. The van der Waals surface area contributed by atoms with Gasteiger partial charge in [-0.1, -0.05) is 51.1 Å². The second kappa shape index (κ2) is 9.57. The van der Waals surface area contributed by atoms with E-state index in [4.69, 9.17) is 9.16 Å². The maximum atomic E-state index is 10.1. The normalized spacial score (nSPS) is 14.0. The fourth-order valence-electron chi connectivity index (χ4n) is 1.95. The Kier molecular flexibility index (Phi) is 8.48. The van der Waals surface area contributed by atoms with Crippen LogP contribution in [-0.2, 0) is 15.8 Å². The van der Waals surface area contributed by atoms with Gasteiger partial charge in [-0.25, -0.2) is 0 Å². The number of aliphatic hydroxyl groups excluding tert-OH is 1. The number of hydrogen-bond donors (Lipinski definition) is 1. The van der Waals surface area contributed by atoms with Crippen molar-refractivity contribution < 1.29 is 14.3 Å². The number of unbranched alkanes of at least 4 members (excludes halogenated alkanes) is 1. The summed E-state index contributed by atoms with van der Waals surface area (Å²) < 4.78 is 11.7. The molecule has 0 radical (unpaired) electrons. The van der Waals surface area contributed by atoms with Gasteiger partial charge in [0, 0.05) is 6.61 Å². The lowest BCUT2D eigenvalue weighted by atomic mass is 10.2. The molecule has 0 saturated heterocycles. The van der Waals surface area contributed by atoms with E-state index in [-0.39, 0.29) is 11.1 Å². The Morgan fingerprint density at radius 1 is 1.09 bits per heavy atom. The molecule has 1 aromatic carbocycles. The highest BCUT2D eigenvalue weighted by atomic mass is 28.4. The largest absolute Gasteiger partial charge is 0.414 e. The SMILES string of the molecule is CC(C)(C)[Si](C)(C)OCC(O)CCCCOCc1ccccc1. The lowest BCUT2D eigenvalue weighted by Gasteiger charge is -2.36. The molecule has 132 valence electrons. The number of ether oxygens (including phenoxy) is 1. The molecule has 0 aromatic heterocycles. The van der Waals surface area contributed by atoms with Gasteiger partial charge in [0.1, 0.15) is 0 Å². The minimum atomic E-state index is -1.75. The Labute approximate surface area is 143 Å². The van der Waals surface area contributed by atoms with Crippen LogP contribution in [0.25, 0.3) is 0 Å². The van der Waals surface area contributed by atoms with Crippen LogP contribution >= 0.6 is 0 Å². The molecule has 0 spiro atoms. The molecule has 1 aromatic rings. The summed E-state index contributed by atoms with van der Waals surface area (Å²) in [6.45, 7) is 13.0.